The van der Waals surface area contributed by atoms with Gasteiger partial charge in [-0.25, -0.2) is 9.78 Å². The van der Waals surface area contributed by atoms with E-state index in [-0.39, 0.29) is 6.10 Å². The second kappa shape index (κ2) is 5.10. The minimum Gasteiger partial charge on any atom is -0.206 e. The summed E-state index contributed by atoms with van der Waals surface area (Å²) in [6.45, 7) is 0.624. The summed E-state index contributed by atoms with van der Waals surface area (Å²) in [7, 11) is 0. The number of hydrogen-bond donors (Lipinski definition) is 0. The molecule has 76 valence electrons. The van der Waals surface area contributed by atoms with Crippen LogP contribution in [0, 0.1) is 0 Å². The molecule has 1 unspecified atom stereocenters. The van der Waals surface area contributed by atoms with Gasteiger partial charge in [-0.05, 0) is 18.4 Å². The molecule has 0 radical (unpaired) electrons. The van der Waals surface area contributed by atoms with Crippen molar-refractivity contribution in [2.75, 3.05) is 6.61 Å². The van der Waals surface area contributed by atoms with Crippen LogP contribution in [0.25, 0.3) is 0 Å². The highest BCUT2D eigenvalue weighted by molar-refractivity contribution is 5.14. The SMILES string of the molecule is c1ccc(CCC2CCOOO2)cc1. The Morgan fingerprint density at radius 2 is 2.07 bits per heavy atom. The first-order valence-corrected chi connectivity index (χ1v) is 4.94. The Hall–Kier alpha value is -0.900. The minimum absolute atomic E-state index is 0.170. The van der Waals surface area contributed by atoms with Crippen molar-refractivity contribution >= 4 is 0 Å². The van der Waals surface area contributed by atoms with E-state index in [2.05, 4.69) is 34.2 Å². The monoisotopic (exact) mass is 194 g/mol. The zero-order valence-electron chi connectivity index (χ0n) is 8.02. The molecule has 1 fully saturated rings. The van der Waals surface area contributed by atoms with Crippen molar-refractivity contribution in [3.05, 3.63) is 35.9 Å². The van der Waals surface area contributed by atoms with Crippen LogP contribution >= 0.6 is 0 Å². The van der Waals surface area contributed by atoms with Crippen LogP contribution in [0.5, 0.6) is 0 Å². The maximum atomic E-state index is 4.98. The van der Waals surface area contributed by atoms with E-state index in [0.717, 1.165) is 19.3 Å². The summed E-state index contributed by atoms with van der Waals surface area (Å²) < 4.78 is 0. The van der Waals surface area contributed by atoms with Gasteiger partial charge in [0.2, 0.25) is 0 Å². The standard InChI is InChI=1S/C11H14O3/c1-2-4-10(5-3-1)6-7-11-8-9-12-14-13-11/h1-5,11H,6-9H2. The minimum atomic E-state index is 0.170. The van der Waals surface area contributed by atoms with Crippen LogP contribution in [-0.2, 0) is 21.2 Å². The molecule has 0 saturated carbocycles. The van der Waals surface area contributed by atoms with Crippen LogP contribution < -0.4 is 0 Å². The van der Waals surface area contributed by atoms with Gasteiger partial charge in [-0.15, -0.1) is 0 Å². The number of aryl methyl sites for hydroxylation is 1. The molecule has 1 aliphatic rings. The van der Waals surface area contributed by atoms with Crippen LogP contribution in [0.15, 0.2) is 30.3 Å². The van der Waals surface area contributed by atoms with Crippen molar-refractivity contribution in [2.24, 2.45) is 0 Å². The highest BCUT2D eigenvalue weighted by Crippen LogP contribution is 2.14. The van der Waals surface area contributed by atoms with Crippen molar-refractivity contribution in [2.45, 2.75) is 25.4 Å². The van der Waals surface area contributed by atoms with Crippen molar-refractivity contribution in [1.82, 2.24) is 0 Å². The maximum absolute atomic E-state index is 4.98. The Kier molecular flexibility index (Phi) is 3.51. The fourth-order valence-corrected chi connectivity index (χ4v) is 1.51. The van der Waals surface area contributed by atoms with E-state index in [1.807, 2.05) is 6.07 Å². The molecule has 0 spiro atoms. The van der Waals surface area contributed by atoms with Gasteiger partial charge in [-0.3, -0.25) is 0 Å². The fourth-order valence-electron chi connectivity index (χ4n) is 1.51. The van der Waals surface area contributed by atoms with Gasteiger partial charge in [0.25, 0.3) is 0 Å². The Morgan fingerprint density at radius 3 is 2.79 bits per heavy atom. The summed E-state index contributed by atoms with van der Waals surface area (Å²) in [4.78, 5) is 9.61. The number of hydrogen-bond acceptors (Lipinski definition) is 3. The van der Waals surface area contributed by atoms with Gasteiger partial charge in [0.15, 0.2) is 0 Å². The first-order chi connectivity index (χ1) is 6.95. The zero-order chi connectivity index (χ0) is 9.64. The molecule has 14 heavy (non-hydrogen) atoms. The van der Waals surface area contributed by atoms with E-state index in [4.69, 9.17) is 4.89 Å². The van der Waals surface area contributed by atoms with Crippen molar-refractivity contribution < 1.29 is 14.8 Å². The van der Waals surface area contributed by atoms with Gasteiger partial charge in [0, 0.05) is 6.42 Å². The Balaban J connectivity index is 1.76. The lowest BCUT2D eigenvalue weighted by Crippen LogP contribution is -2.22. The third-order valence-electron chi connectivity index (χ3n) is 2.34. The van der Waals surface area contributed by atoms with E-state index in [1.54, 1.807) is 0 Å². The molecule has 0 aliphatic carbocycles. The molecule has 0 N–H and O–H groups in total. The van der Waals surface area contributed by atoms with Gasteiger partial charge in [0.1, 0.15) is 0 Å². The van der Waals surface area contributed by atoms with E-state index in [9.17, 15) is 0 Å². The van der Waals surface area contributed by atoms with E-state index in [0.29, 0.717) is 6.61 Å². The zero-order valence-corrected chi connectivity index (χ0v) is 8.02. The highest BCUT2D eigenvalue weighted by Gasteiger charge is 2.15. The van der Waals surface area contributed by atoms with Crippen LogP contribution in [0.4, 0.5) is 0 Å². The van der Waals surface area contributed by atoms with Gasteiger partial charge in [-0.2, -0.15) is 0 Å². The molecule has 1 aromatic carbocycles. The topological polar surface area (TPSA) is 27.7 Å². The number of benzene rings is 1. The lowest BCUT2D eigenvalue weighted by Gasteiger charge is -2.19. The quantitative estimate of drug-likeness (QED) is 0.691. The summed E-state index contributed by atoms with van der Waals surface area (Å²) >= 11 is 0. The summed E-state index contributed by atoms with van der Waals surface area (Å²) in [5.41, 5.74) is 1.34. The Labute approximate surface area is 83.4 Å². The van der Waals surface area contributed by atoms with Crippen LogP contribution in [-0.4, -0.2) is 12.7 Å². The third-order valence-corrected chi connectivity index (χ3v) is 2.34. The van der Waals surface area contributed by atoms with Crippen molar-refractivity contribution in [1.29, 1.82) is 0 Å². The normalized spacial score (nSPS) is 22.1. The summed E-state index contributed by atoms with van der Waals surface area (Å²) in [6.07, 6.45) is 3.08. The van der Waals surface area contributed by atoms with Crippen LogP contribution in [0.1, 0.15) is 18.4 Å². The largest absolute Gasteiger partial charge is 0.206 e. The van der Waals surface area contributed by atoms with E-state index >= 15 is 0 Å². The first-order valence-electron chi connectivity index (χ1n) is 4.94. The van der Waals surface area contributed by atoms with Crippen molar-refractivity contribution in [3.63, 3.8) is 0 Å². The van der Waals surface area contributed by atoms with Gasteiger partial charge in [-0.1, -0.05) is 35.4 Å². The smallest absolute Gasteiger partial charge is 0.0987 e. The van der Waals surface area contributed by atoms with Gasteiger partial charge >= 0.3 is 0 Å². The molecular weight excluding hydrogens is 180 g/mol. The first kappa shape index (κ1) is 9.65. The Morgan fingerprint density at radius 1 is 1.21 bits per heavy atom. The summed E-state index contributed by atoms with van der Waals surface area (Å²) in [6, 6.07) is 10.4. The molecule has 0 bridgehead atoms. The van der Waals surface area contributed by atoms with Crippen LogP contribution in [0.2, 0.25) is 0 Å². The lowest BCUT2D eigenvalue weighted by atomic mass is 10.1. The predicted molar refractivity (Wildman–Crippen MR) is 51.3 cm³/mol. The second-order valence-corrected chi connectivity index (χ2v) is 3.42. The van der Waals surface area contributed by atoms with Gasteiger partial charge < -0.3 is 0 Å². The third kappa shape index (κ3) is 2.80. The molecule has 1 heterocycles. The molecule has 2 rings (SSSR count). The maximum Gasteiger partial charge on any atom is 0.0987 e. The molecular formula is C11H14O3. The summed E-state index contributed by atoms with van der Waals surface area (Å²) in [5.74, 6) is 0. The molecule has 0 amide bonds. The van der Waals surface area contributed by atoms with Crippen molar-refractivity contribution in [3.8, 4) is 0 Å². The van der Waals surface area contributed by atoms with Crippen LogP contribution in [0.3, 0.4) is 0 Å². The summed E-state index contributed by atoms with van der Waals surface area (Å²) in [5, 5.41) is 4.47. The average Bonchev–Trinajstić information content (AvgIpc) is 2.29. The van der Waals surface area contributed by atoms with Gasteiger partial charge in [0.05, 0.1) is 12.7 Å². The molecule has 0 aromatic heterocycles. The molecule has 3 nitrogen and oxygen atoms in total. The second-order valence-electron chi connectivity index (χ2n) is 3.42. The molecule has 1 aliphatic heterocycles. The molecule has 3 heteroatoms. The molecule has 1 saturated heterocycles. The van der Waals surface area contributed by atoms with E-state index in [1.165, 1.54) is 5.56 Å². The highest BCUT2D eigenvalue weighted by atomic mass is 17.5. The predicted octanol–water partition coefficient (Wildman–Crippen LogP) is 2.27. The lowest BCUT2D eigenvalue weighted by molar-refractivity contribution is -0.549. The fraction of sp³-hybridized carbons (Fsp3) is 0.455. The Bertz CT molecular complexity index is 254. The molecule has 1 aromatic rings. The van der Waals surface area contributed by atoms with E-state index < -0.39 is 0 Å². The number of rotatable bonds is 3. The molecule has 1 atom stereocenters. The average molecular weight is 194 g/mol.